The number of hydrogen-bond acceptors (Lipinski definition) is 6. The highest BCUT2D eigenvalue weighted by molar-refractivity contribution is 7.87. The van der Waals surface area contributed by atoms with E-state index in [-0.39, 0.29) is 6.61 Å². The number of hydrogen-bond donors (Lipinski definition) is 0. The van der Waals surface area contributed by atoms with Gasteiger partial charge < -0.3 is 0 Å². The molecule has 1 aliphatic carbocycles. The molecule has 7 nitrogen and oxygen atoms in total. The molecule has 2 heterocycles. The highest BCUT2D eigenvalue weighted by atomic mass is 35.5. The molecule has 0 N–H and O–H groups in total. The molecule has 9 heteroatoms. The highest BCUT2D eigenvalue weighted by Gasteiger charge is 2.38. The summed E-state index contributed by atoms with van der Waals surface area (Å²) >= 11 is 6.10. The number of aromatic nitrogens is 3. The van der Waals surface area contributed by atoms with Crippen molar-refractivity contribution in [3.05, 3.63) is 75.8 Å². The molecule has 1 aromatic heterocycles. The molecule has 2 aliphatic rings. The van der Waals surface area contributed by atoms with Crippen LogP contribution in [0.15, 0.2) is 47.5 Å². The number of benzene rings is 2. The lowest BCUT2D eigenvalue weighted by atomic mass is 9.98. The highest BCUT2D eigenvalue weighted by Crippen LogP contribution is 2.34. The first kappa shape index (κ1) is 20.4. The molecule has 0 radical (unpaired) electrons. The summed E-state index contributed by atoms with van der Waals surface area (Å²) in [7, 11) is -3.60. The van der Waals surface area contributed by atoms with Crippen LogP contribution in [0, 0.1) is 13.8 Å². The zero-order valence-electron chi connectivity index (χ0n) is 17.1. The van der Waals surface area contributed by atoms with Crippen LogP contribution >= 0.6 is 11.6 Å². The number of rotatable bonds is 5. The maximum absolute atomic E-state index is 12.4. The Hall–Kier alpha value is -2.55. The minimum absolute atomic E-state index is 0.124. The van der Waals surface area contributed by atoms with E-state index >= 15 is 0 Å². The Kier molecular flexibility index (Phi) is 4.96. The van der Waals surface area contributed by atoms with E-state index in [1.807, 2.05) is 54.8 Å². The summed E-state index contributed by atoms with van der Waals surface area (Å²) in [6.07, 6.45) is 1.29. The van der Waals surface area contributed by atoms with Gasteiger partial charge in [-0.15, -0.1) is 10.2 Å². The van der Waals surface area contributed by atoms with Gasteiger partial charge in [0.1, 0.15) is 11.9 Å². The quantitative estimate of drug-likeness (QED) is 0.543. The van der Waals surface area contributed by atoms with Crippen LogP contribution in [-0.4, -0.2) is 40.8 Å². The van der Waals surface area contributed by atoms with Crippen molar-refractivity contribution in [1.29, 1.82) is 0 Å². The first-order valence-electron chi connectivity index (χ1n) is 10.1. The lowest BCUT2D eigenvalue weighted by Crippen LogP contribution is -2.18. The molecule has 1 aliphatic heterocycles. The summed E-state index contributed by atoms with van der Waals surface area (Å²) in [5, 5.41) is 8.79. The fourth-order valence-electron chi connectivity index (χ4n) is 3.77. The molecule has 31 heavy (non-hydrogen) atoms. The zero-order valence-corrected chi connectivity index (χ0v) is 18.7. The maximum Gasteiger partial charge on any atom is 0.270 e. The van der Waals surface area contributed by atoms with E-state index in [0.717, 1.165) is 28.1 Å². The third-order valence-electron chi connectivity index (χ3n) is 5.52. The van der Waals surface area contributed by atoms with Gasteiger partial charge in [0.2, 0.25) is 0 Å². The number of aliphatic imine (C=N–C) groups is 1. The van der Waals surface area contributed by atoms with Gasteiger partial charge in [0.25, 0.3) is 10.1 Å². The lowest BCUT2D eigenvalue weighted by Gasteiger charge is -2.13. The molecule has 0 spiro atoms. The van der Waals surface area contributed by atoms with Gasteiger partial charge in [0.15, 0.2) is 5.82 Å². The SMILES string of the molecule is Cc1ccc2c(c1)C(c1ccc(Cl)cc1)=N[C@@H](COS(=O)(=O)C1CC1)c1nnc(C)n1-2. The van der Waals surface area contributed by atoms with Crippen molar-refractivity contribution in [2.24, 2.45) is 4.99 Å². The van der Waals surface area contributed by atoms with E-state index in [1.165, 1.54) is 0 Å². The Morgan fingerprint density at radius 2 is 1.84 bits per heavy atom. The fourth-order valence-corrected chi connectivity index (χ4v) is 5.12. The van der Waals surface area contributed by atoms with Gasteiger partial charge in [-0.25, -0.2) is 0 Å². The Bertz CT molecular complexity index is 1290. The van der Waals surface area contributed by atoms with Crippen LogP contribution in [0.5, 0.6) is 0 Å². The molecule has 0 saturated heterocycles. The maximum atomic E-state index is 12.4. The molecule has 1 saturated carbocycles. The molecule has 160 valence electrons. The zero-order chi connectivity index (χ0) is 21.8. The van der Waals surface area contributed by atoms with Crippen LogP contribution in [0.4, 0.5) is 0 Å². The molecular formula is C22H21ClN4O3S. The van der Waals surface area contributed by atoms with Crippen molar-refractivity contribution in [3.63, 3.8) is 0 Å². The predicted octanol–water partition coefficient (Wildman–Crippen LogP) is 3.94. The summed E-state index contributed by atoms with van der Waals surface area (Å²) in [6, 6.07) is 12.9. The van der Waals surface area contributed by atoms with Gasteiger partial charge in [0, 0.05) is 16.1 Å². The summed E-state index contributed by atoms with van der Waals surface area (Å²) in [6.45, 7) is 3.76. The van der Waals surface area contributed by atoms with Crippen LogP contribution < -0.4 is 0 Å². The van der Waals surface area contributed by atoms with E-state index in [0.29, 0.717) is 29.5 Å². The van der Waals surface area contributed by atoms with Crippen molar-refractivity contribution >= 4 is 27.4 Å². The van der Waals surface area contributed by atoms with Crippen molar-refractivity contribution in [1.82, 2.24) is 14.8 Å². The van der Waals surface area contributed by atoms with Crippen molar-refractivity contribution < 1.29 is 12.6 Å². The second kappa shape index (κ2) is 7.55. The molecular weight excluding hydrogens is 436 g/mol. The molecule has 2 aromatic carbocycles. The third-order valence-corrected chi connectivity index (χ3v) is 7.53. The molecule has 0 unspecified atom stereocenters. The Balaban J connectivity index is 1.67. The van der Waals surface area contributed by atoms with Crippen molar-refractivity contribution in [3.8, 4) is 5.69 Å². The van der Waals surface area contributed by atoms with Crippen LogP contribution in [0.3, 0.4) is 0 Å². The molecule has 1 fully saturated rings. The lowest BCUT2D eigenvalue weighted by molar-refractivity contribution is 0.288. The predicted molar refractivity (Wildman–Crippen MR) is 119 cm³/mol. The van der Waals surface area contributed by atoms with Gasteiger partial charge in [-0.3, -0.25) is 13.7 Å². The van der Waals surface area contributed by atoms with Crippen LogP contribution in [0.1, 0.15) is 47.2 Å². The van der Waals surface area contributed by atoms with E-state index in [9.17, 15) is 8.42 Å². The van der Waals surface area contributed by atoms with Gasteiger partial charge in [0.05, 0.1) is 23.3 Å². The number of fused-ring (bicyclic) bond motifs is 3. The average Bonchev–Trinajstić information content (AvgIpc) is 3.54. The van der Waals surface area contributed by atoms with Gasteiger partial charge in [-0.1, -0.05) is 35.4 Å². The second-order valence-corrected chi connectivity index (χ2v) is 10.3. The third kappa shape index (κ3) is 3.79. The van der Waals surface area contributed by atoms with Gasteiger partial charge >= 0.3 is 0 Å². The fraction of sp³-hybridized carbons (Fsp3) is 0.318. The average molecular weight is 457 g/mol. The van der Waals surface area contributed by atoms with Crippen LogP contribution in [0.2, 0.25) is 5.02 Å². The molecule has 0 amide bonds. The van der Waals surface area contributed by atoms with Crippen LogP contribution in [0.25, 0.3) is 5.69 Å². The molecule has 1 atom stereocenters. The second-order valence-electron chi connectivity index (χ2n) is 7.94. The molecule has 5 rings (SSSR count). The monoisotopic (exact) mass is 456 g/mol. The van der Waals surface area contributed by atoms with E-state index in [4.69, 9.17) is 20.8 Å². The Morgan fingerprint density at radius 1 is 1.10 bits per heavy atom. The molecule has 0 bridgehead atoms. The normalized spacial score (nSPS) is 18.2. The number of halogens is 1. The van der Waals surface area contributed by atoms with Gasteiger partial charge in [-0.2, -0.15) is 8.42 Å². The first-order valence-corrected chi connectivity index (χ1v) is 11.9. The standard InChI is InChI=1S/C22H21ClN4O3S/c1-13-3-10-20-18(11-13)21(15-4-6-16(23)7-5-15)24-19(22-26-25-14(2)27(20)22)12-30-31(28,29)17-8-9-17/h3-7,10-11,17,19H,8-9,12H2,1-2H3/t19-/m0/s1. The Labute approximate surface area is 185 Å². The largest absolute Gasteiger partial charge is 0.281 e. The van der Waals surface area contributed by atoms with E-state index in [1.54, 1.807) is 0 Å². The summed E-state index contributed by atoms with van der Waals surface area (Å²) in [5.41, 5.74) is 4.50. The summed E-state index contributed by atoms with van der Waals surface area (Å²) in [4.78, 5) is 4.96. The minimum Gasteiger partial charge on any atom is -0.281 e. The number of aryl methyl sites for hydroxylation is 2. The van der Waals surface area contributed by atoms with Gasteiger partial charge in [-0.05, 0) is 51.0 Å². The number of nitrogens with zero attached hydrogens (tertiary/aromatic N) is 4. The first-order chi connectivity index (χ1) is 14.8. The Morgan fingerprint density at radius 3 is 2.55 bits per heavy atom. The minimum atomic E-state index is -3.60. The van der Waals surface area contributed by atoms with E-state index in [2.05, 4.69) is 16.3 Å². The smallest absolute Gasteiger partial charge is 0.270 e. The summed E-state index contributed by atoms with van der Waals surface area (Å²) in [5.74, 6) is 1.25. The summed E-state index contributed by atoms with van der Waals surface area (Å²) < 4.78 is 32.1. The van der Waals surface area contributed by atoms with Crippen molar-refractivity contribution in [2.75, 3.05) is 6.61 Å². The van der Waals surface area contributed by atoms with E-state index < -0.39 is 21.4 Å². The topological polar surface area (TPSA) is 86.4 Å². The van der Waals surface area contributed by atoms with Crippen molar-refractivity contribution in [2.45, 2.75) is 38.0 Å². The molecule has 3 aromatic rings. The van der Waals surface area contributed by atoms with Crippen LogP contribution in [-0.2, 0) is 14.3 Å².